The average Bonchev–Trinajstić information content (AvgIpc) is 3.28. The molecule has 0 spiro atoms. The predicted molar refractivity (Wildman–Crippen MR) is 83.2 cm³/mol. The van der Waals surface area contributed by atoms with Gasteiger partial charge in [0.1, 0.15) is 5.82 Å². The van der Waals surface area contributed by atoms with Gasteiger partial charge in [-0.05, 0) is 65.9 Å². The highest BCUT2D eigenvalue weighted by Crippen LogP contribution is 2.29. The van der Waals surface area contributed by atoms with E-state index >= 15 is 0 Å². The molecule has 1 saturated heterocycles. The quantitative estimate of drug-likeness (QED) is 0.879. The molecule has 1 aromatic rings. The van der Waals surface area contributed by atoms with Crippen LogP contribution >= 0.6 is 15.9 Å². The largest absolute Gasteiger partial charge is 0.313 e. The predicted octanol–water partition coefficient (Wildman–Crippen LogP) is 3.69. The Labute approximate surface area is 128 Å². The molecule has 1 aromatic carbocycles. The minimum absolute atomic E-state index is 0.158. The Morgan fingerprint density at radius 2 is 2.10 bits per heavy atom. The van der Waals surface area contributed by atoms with E-state index in [4.69, 9.17) is 0 Å². The van der Waals surface area contributed by atoms with Crippen LogP contribution in [-0.2, 0) is 6.54 Å². The second-order valence-electron chi connectivity index (χ2n) is 6.06. The SMILES string of the molecule is Fc1cc(CN(CC2CCCCN2)C2CC2)ccc1Br. The summed E-state index contributed by atoms with van der Waals surface area (Å²) in [6.45, 7) is 3.12. The first kappa shape index (κ1) is 14.5. The van der Waals surface area contributed by atoms with Crippen LogP contribution in [0.2, 0.25) is 0 Å². The van der Waals surface area contributed by atoms with Crippen LogP contribution in [0.1, 0.15) is 37.7 Å². The van der Waals surface area contributed by atoms with E-state index < -0.39 is 0 Å². The van der Waals surface area contributed by atoms with Gasteiger partial charge in [0.15, 0.2) is 0 Å². The average molecular weight is 341 g/mol. The Morgan fingerprint density at radius 1 is 1.25 bits per heavy atom. The van der Waals surface area contributed by atoms with Crippen LogP contribution in [0.15, 0.2) is 22.7 Å². The first-order valence-corrected chi connectivity index (χ1v) is 8.43. The van der Waals surface area contributed by atoms with E-state index in [1.54, 1.807) is 6.07 Å². The van der Waals surface area contributed by atoms with Crippen molar-refractivity contribution in [2.24, 2.45) is 0 Å². The topological polar surface area (TPSA) is 15.3 Å². The maximum atomic E-state index is 13.6. The maximum Gasteiger partial charge on any atom is 0.137 e. The van der Waals surface area contributed by atoms with Crippen molar-refractivity contribution < 1.29 is 4.39 Å². The molecule has 0 amide bonds. The zero-order chi connectivity index (χ0) is 13.9. The monoisotopic (exact) mass is 340 g/mol. The van der Waals surface area contributed by atoms with Gasteiger partial charge in [-0.1, -0.05) is 12.5 Å². The molecule has 2 nitrogen and oxygen atoms in total. The minimum Gasteiger partial charge on any atom is -0.313 e. The van der Waals surface area contributed by atoms with Gasteiger partial charge < -0.3 is 5.32 Å². The van der Waals surface area contributed by atoms with E-state index in [1.165, 1.54) is 32.1 Å². The summed E-state index contributed by atoms with van der Waals surface area (Å²) >= 11 is 3.22. The van der Waals surface area contributed by atoms with E-state index in [2.05, 4.69) is 26.1 Å². The smallest absolute Gasteiger partial charge is 0.137 e. The summed E-state index contributed by atoms with van der Waals surface area (Å²) in [5.74, 6) is -0.158. The fourth-order valence-electron chi connectivity index (χ4n) is 3.02. The first-order valence-electron chi connectivity index (χ1n) is 7.64. The molecule has 1 unspecified atom stereocenters. The molecule has 1 atom stereocenters. The van der Waals surface area contributed by atoms with Gasteiger partial charge in [-0.15, -0.1) is 0 Å². The van der Waals surface area contributed by atoms with Gasteiger partial charge in [-0.3, -0.25) is 4.90 Å². The molecule has 1 aliphatic carbocycles. The van der Waals surface area contributed by atoms with E-state index in [0.29, 0.717) is 16.6 Å². The standard InChI is InChI=1S/C16H22BrFN2/c17-15-7-4-12(9-16(15)18)10-20(14-5-6-14)11-13-3-1-2-8-19-13/h4,7,9,13-14,19H,1-3,5-6,8,10-11H2. The Hall–Kier alpha value is -0.450. The van der Waals surface area contributed by atoms with Gasteiger partial charge in [-0.2, -0.15) is 0 Å². The number of rotatable bonds is 5. The molecule has 2 fully saturated rings. The molecule has 1 aliphatic heterocycles. The van der Waals surface area contributed by atoms with Crippen LogP contribution in [0.3, 0.4) is 0 Å². The Bertz CT molecular complexity index is 456. The zero-order valence-electron chi connectivity index (χ0n) is 11.7. The second kappa shape index (κ2) is 6.54. The lowest BCUT2D eigenvalue weighted by Gasteiger charge is -2.30. The van der Waals surface area contributed by atoms with Gasteiger partial charge >= 0.3 is 0 Å². The van der Waals surface area contributed by atoms with Gasteiger partial charge in [0, 0.05) is 25.2 Å². The van der Waals surface area contributed by atoms with Crippen molar-refractivity contribution in [2.75, 3.05) is 13.1 Å². The highest BCUT2D eigenvalue weighted by atomic mass is 79.9. The lowest BCUT2D eigenvalue weighted by atomic mass is 10.0. The fraction of sp³-hybridized carbons (Fsp3) is 0.625. The molecule has 1 N–H and O–H groups in total. The molecule has 20 heavy (non-hydrogen) atoms. The summed E-state index contributed by atoms with van der Waals surface area (Å²) in [6.07, 6.45) is 6.51. The molecule has 3 rings (SSSR count). The van der Waals surface area contributed by atoms with E-state index in [-0.39, 0.29) is 5.82 Å². The molecule has 110 valence electrons. The molecule has 0 bridgehead atoms. The highest BCUT2D eigenvalue weighted by molar-refractivity contribution is 9.10. The van der Waals surface area contributed by atoms with Crippen LogP contribution in [0.25, 0.3) is 0 Å². The summed E-state index contributed by atoms with van der Waals surface area (Å²) in [5.41, 5.74) is 1.08. The van der Waals surface area contributed by atoms with Gasteiger partial charge in [-0.25, -0.2) is 4.39 Å². The molecule has 0 radical (unpaired) electrons. The second-order valence-corrected chi connectivity index (χ2v) is 6.91. The zero-order valence-corrected chi connectivity index (χ0v) is 13.3. The summed E-state index contributed by atoms with van der Waals surface area (Å²) in [6, 6.07) is 6.83. The van der Waals surface area contributed by atoms with Crippen molar-refractivity contribution in [1.82, 2.24) is 10.2 Å². The van der Waals surface area contributed by atoms with E-state index in [0.717, 1.165) is 25.2 Å². The lowest BCUT2D eigenvalue weighted by molar-refractivity contribution is 0.208. The van der Waals surface area contributed by atoms with Gasteiger partial charge in [0.25, 0.3) is 0 Å². The summed E-state index contributed by atoms with van der Waals surface area (Å²) < 4.78 is 14.2. The van der Waals surface area contributed by atoms with Crippen LogP contribution in [-0.4, -0.2) is 30.1 Å². The van der Waals surface area contributed by atoms with Crippen LogP contribution in [0.4, 0.5) is 4.39 Å². The number of piperidine rings is 1. The van der Waals surface area contributed by atoms with Crippen molar-refractivity contribution in [3.8, 4) is 0 Å². The Balaban J connectivity index is 1.62. The van der Waals surface area contributed by atoms with E-state index in [1.807, 2.05) is 12.1 Å². The first-order chi connectivity index (χ1) is 9.72. The van der Waals surface area contributed by atoms with Gasteiger partial charge in [0.05, 0.1) is 4.47 Å². The highest BCUT2D eigenvalue weighted by Gasteiger charge is 2.30. The Morgan fingerprint density at radius 3 is 2.75 bits per heavy atom. The number of nitrogens with one attached hydrogen (secondary N) is 1. The van der Waals surface area contributed by atoms with Crippen molar-refractivity contribution in [1.29, 1.82) is 0 Å². The molecular formula is C16H22BrFN2. The summed E-state index contributed by atoms with van der Waals surface area (Å²) in [4.78, 5) is 2.53. The normalized spacial score (nSPS) is 23.2. The third-order valence-electron chi connectivity index (χ3n) is 4.30. The van der Waals surface area contributed by atoms with Crippen molar-refractivity contribution in [2.45, 2.75) is 50.7 Å². The van der Waals surface area contributed by atoms with Gasteiger partial charge in [0.2, 0.25) is 0 Å². The summed E-state index contributed by atoms with van der Waals surface area (Å²) in [5, 5.41) is 3.62. The van der Waals surface area contributed by atoms with Crippen molar-refractivity contribution >= 4 is 15.9 Å². The molecule has 4 heteroatoms. The molecule has 1 saturated carbocycles. The maximum absolute atomic E-state index is 13.6. The summed E-state index contributed by atoms with van der Waals surface area (Å²) in [7, 11) is 0. The Kier molecular flexibility index (Phi) is 4.74. The van der Waals surface area contributed by atoms with Crippen LogP contribution in [0.5, 0.6) is 0 Å². The number of hydrogen-bond donors (Lipinski definition) is 1. The molecular weight excluding hydrogens is 319 g/mol. The molecule has 0 aromatic heterocycles. The lowest BCUT2D eigenvalue weighted by Crippen LogP contribution is -2.44. The van der Waals surface area contributed by atoms with E-state index in [9.17, 15) is 4.39 Å². The molecule has 2 aliphatic rings. The third kappa shape index (κ3) is 3.80. The van der Waals surface area contributed by atoms with Crippen molar-refractivity contribution in [3.63, 3.8) is 0 Å². The number of nitrogens with zero attached hydrogens (tertiary/aromatic N) is 1. The number of hydrogen-bond acceptors (Lipinski definition) is 2. The number of halogens is 2. The van der Waals surface area contributed by atoms with Crippen LogP contribution in [0, 0.1) is 5.82 Å². The molecule has 1 heterocycles. The van der Waals surface area contributed by atoms with Crippen molar-refractivity contribution in [3.05, 3.63) is 34.1 Å². The third-order valence-corrected chi connectivity index (χ3v) is 4.94. The minimum atomic E-state index is -0.158. The number of benzene rings is 1. The fourth-order valence-corrected chi connectivity index (χ4v) is 3.26. The van der Waals surface area contributed by atoms with Crippen LogP contribution < -0.4 is 5.32 Å².